The molecule has 0 spiro atoms. The minimum atomic E-state index is -0.283. The third-order valence-corrected chi connectivity index (χ3v) is 4.56. The van der Waals surface area contributed by atoms with Crippen LogP contribution >= 0.6 is 0 Å². The summed E-state index contributed by atoms with van der Waals surface area (Å²) in [6, 6.07) is 0.299. The summed E-state index contributed by atoms with van der Waals surface area (Å²) in [5, 5.41) is 9.86. The minimum absolute atomic E-state index is 0.231. The topological polar surface area (TPSA) is 47.0 Å². The average molecular weight is 283 g/mol. The monoisotopic (exact) mass is 283 g/mol. The number of aliphatic hydroxyl groups is 1. The molecular formula is C15H29N3O2. The van der Waals surface area contributed by atoms with Crippen LogP contribution < -0.4 is 0 Å². The number of likely N-dealkylation sites (N-methyl/N-ethyl adjacent to an activating group) is 1. The molecule has 2 fully saturated rings. The Bertz CT molecular complexity index is 327. The molecule has 2 atom stereocenters. The molecule has 5 heteroatoms. The fourth-order valence-corrected chi connectivity index (χ4v) is 3.29. The zero-order valence-corrected chi connectivity index (χ0v) is 13.1. The van der Waals surface area contributed by atoms with E-state index in [9.17, 15) is 9.90 Å². The maximum Gasteiger partial charge on any atom is 0.236 e. The third-order valence-electron chi connectivity index (χ3n) is 4.56. The first-order valence-corrected chi connectivity index (χ1v) is 7.80. The van der Waals surface area contributed by atoms with Crippen molar-refractivity contribution in [1.82, 2.24) is 14.7 Å². The Balaban J connectivity index is 1.85. The van der Waals surface area contributed by atoms with Crippen LogP contribution in [-0.2, 0) is 4.79 Å². The Morgan fingerprint density at radius 1 is 1.30 bits per heavy atom. The summed E-state index contributed by atoms with van der Waals surface area (Å²) >= 11 is 0. The summed E-state index contributed by atoms with van der Waals surface area (Å²) in [5.41, 5.74) is 0. The highest BCUT2D eigenvalue weighted by atomic mass is 16.3. The van der Waals surface area contributed by atoms with Crippen molar-refractivity contribution >= 4 is 5.91 Å². The number of hydrogen-bond acceptors (Lipinski definition) is 4. The molecule has 0 aromatic heterocycles. The molecule has 2 saturated heterocycles. The van der Waals surface area contributed by atoms with Gasteiger partial charge in [-0.2, -0.15) is 0 Å². The lowest BCUT2D eigenvalue weighted by Gasteiger charge is -2.33. The fraction of sp³-hybridized carbons (Fsp3) is 0.933. The van der Waals surface area contributed by atoms with Crippen molar-refractivity contribution in [2.75, 3.05) is 46.8 Å². The summed E-state index contributed by atoms with van der Waals surface area (Å²) < 4.78 is 0. The summed E-state index contributed by atoms with van der Waals surface area (Å²) in [6.45, 7) is 6.05. The van der Waals surface area contributed by atoms with Crippen LogP contribution in [0.15, 0.2) is 0 Å². The number of aliphatic hydroxyl groups excluding tert-OH is 1. The molecule has 0 radical (unpaired) electrons. The first-order valence-electron chi connectivity index (χ1n) is 7.80. The maximum absolute atomic E-state index is 12.4. The molecule has 20 heavy (non-hydrogen) atoms. The smallest absolute Gasteiger partial charge is 0.236 e. The van der Waals surface area contributed by atoms with Gasteiger partial charge in [-0.25, -0.2) is 0 Å². The highest BCUT2D eigenvalue weighted by Gasteiger charge is 2.33. The van der Waals surface area contributed by atoms with Gasteiger partial charge in [-0.15, -0.1) is 0 Å². The number of piperidine rings is 1. The number of amides is 1. The molecule has 1 amide bonds. The van der Waals surface area contributed by atoms with E-state index in [0.717, 1.165) is 44.8 Å². The number of carbonyl (C=O) groups excluding carboxylic acids is 1. The third kappa shape index (κ3) is 4.17. The molecule has 2 unspecified atom stereocenters. The zero-order valence-electron chi connectivity index (χ0n) is 13.1. The number of rotatable bonds is 4. The summed E-state index contributed by atoms with van der Waals surface area (Å²) in [7, 11) is 4.08. The fourth-order valence-electron chi connectivity index (χ4n) is 3.29. The molecule has 0 aliphatic carbocycles. The molecule has 1 N–H and O–H groups in total. The van der Waals surface area contributed by atoms with Gasteiger partial charge in [0.05, 0.1) is 12.6 Å². The van der Waals surface area contributed by atoms with Gasteiger partial charge in [0.2, 0.25) is 5.91 Å². The second-order valence-corrected chi connectivity index (χ2v) is 6.80. The summed E-state index contributed by atoms with van der Waals surface area (Å²) in [6.07, 6.45) is 2.74. The van der Waals surface area contributed by atoms with Gasteiger partial charge >= 0.3 is 0 Å². The Morgan fingerprint density at radius 3 is 2.55 bits per heavy atom. The van der Waals surface area contributed by atoms with E-state index in [2.05, 4.69) is 16.7 Å². The van der Waals surface area contributed by atoms with E-state index in [0.29, 0.717) is 19.1 Å². The highest BCUT2D eigenvalue weighted by molar-refractivity contribution is 5.78. The van der Waals surface area contributed by atoms with Crippen molar-refractivity contribution in [3.63, 3.8) is 0 Å². The molecule has 5 nitrogen and oxygen atoms in total. The second-order valence-electron chi connectivity index (χ2n) is 6.80. The van der Waals surface area contributed by atoms with Crippen LogP contribution in [-0.4, -0.2) is 84.7 Å². The van der Waals surface area contributed by atoms with E-state index in [-0.39, 0.29) is 12.0 Å². The maximum atomic E-state index is 12.4. The van der Waals surface area contributed by atoms with Gasteiger partial charge in [0.25, 0.3) is 0 Å². The van der Waals surface area contributed by atoms with Crippen molar-refractivity contribution in [3.05, 3.63) is 0 Å². The van der Waals surface area contributed by atoms with Crippen molar-refractivity contribution in [1.29, 1.82) is 0 Å². The van der Waals surface area contributed by atoms with Crippen molar-refractivity contribution in [2.24, 2.45) is 5.92 Å². The lowest BCUT2D eigenvalue weighted by molar-refractivity contribution is -0.134. The van der Waals surface area contributed by atoms with Crippen molar-refractivity contribution in [2.45, 2.75) is 38.3 Å². The first kappa shape index (κ1) is 15.7. The van der Waals surface area contributed by atoms with Crippen LogP contribution in [0.4, 0.5) is 0 Å². The van der Waals surface area contributed by atoms with Gasteiger partial charge in [-0.05, 0) is 39.3 Å². The van der Waals surface area contributed by atoms with Crippen LogP contribution in [0.25, 0.3) is 0 Å². The molecule has 0 aromatic carbocycles. The highest BCUT2D eigenvalue weighted by Crippen LogP contribution is 2.20. The summed E-state index contributed by atoms with van der Waals surface area (Å²) in [4.78, 5) is 18.7. The quantitative estimate of drug-likeness (QED) is 0.803. The molecule has 0 aromatic rings. The molecule has 116 valence electrons. The number of β-amino-alcohol motifs (C(OH)–C–C–N with tert-alkyl or cyclic N) is 1. The van der Waals surface area contributed by atoms with Gasteiger partial charge in [-0.1, -0.05) is 6.92 Å². The van der Waals surface area contributed by atoms with Gasteiger partial charge in [0.1, 0.15) is 0 Å². The predicted molar refractivity (Wildman–Crippen MR) is 79.5 cm³/mol. The molecule has 2 aliphatic rings. The van der Waals surface area contributed by atoms with E-state index in [1.54, 1.807) is 0 Å². The van der Waals surface area contributed by atoms with Crippen LogP contribution in [0.2, 0.25) is 0 Å². The predicted octanol–water partition coefficient (Wildman–Crippen LogP) is 0.242. The Morgan fingerprint density at radius 2 is 1.95 bits per heavy atom. The molecule has 0 bridgehead atoms. The molecule has 2 rings (SSSR count). The van der Waals surface area contributed by atoms with Gasteiger partial charge in [0, 0.05) is 32.2 Å². The van der Waals surface area contributed by atoms with E-state index >= 15 is 0 Å². The zero-order chi connectivity index (χ0) is 14.7. The number of hydrogen-bond donors (Lipinski definition) is 1. The van der Waals surface area contributed by atoms with E-state index in [1.165, 1.54) is 0 Å². The molecule has 2 aliphatic heterocycles. The van der Waals surface area contributed by atoms with E-state index in [1.807, 2.05) is 19.0 Å². The number of likely N-dealkylation sites (tertiary alicyclic amines) is 2. The molecule has 2 heterocycles. The van der Waals surface area contributed by atoms with Crippen LogP contribution in [0.3, 0.4) is 0 Å². The van der Waals surface area contributed by atoms with Gasteiger partial charge < -0.3 is 14.9 Å². The normalized spacial score (nSPS) is 29.4. The standard InChI is InChI=1S/C15H29N3O2/c1-12-4-6-17(7-5-12)15(20)11-18-10-14(19)8-13(18)9-16(2)3/h12-14,19H,4-11H2,1-3H3. The first-order chi connectivity index (χ1) is 9.45. The lowest BCUT2D eigenvalue weighted by Crippen LogP contribution is -2.47. The summed E-state index contributed by atoms with van der Waals surface area (Å²) in [5.74, 6) is 0.976. The Labute approximate surface area is 122 Å². The largest absolute Gasteiger partial charge is 0.392 e. The molecular weight excluding hydrogens is 254 g/mol. The van der Waals surface area contributed by atoms with Crippen molar-refractivity contribution in [3.8, 4) is 0 Å². The second kappa shape index (κ2) is 6.87. The number of nitrogens with zero attached hydrogens (tertiary/aromatic N) is 3. The van der Waals surface area contributed by atoms with Crippen LogP contribution in [0.1, 0.15) is 26.2 Å². The Hall–Kier alpha value is -0.650. The van der Waals surface area contributed by atoms with Crippen LogP contribution in [0.5, 0.6) is 0 Å². The SMILES string of the molecule is CC1CCN(C(=O)CN2CC(O)CC2CN(C)C)CC1. The van der Waals surface area contributed by atoms with Gasteiger partial charge in [-0.3, -0.25) is 9.69 Å². The van der Waals surface area contributed by atoms with E-state index in [4.69, 9.17) is 0 Å². The average Bonchev–Trinajstić information content (AvgIpc) is 2.69. The Kier molecular flexibility index (Phi) is 5.41. The number of carbonyl (C=O) groups is 1. The minimum Gasteiger partial charge on any atom is -0.392 e. The van der Waals surface area contributed by atoms with Gasteiger partial charge in [0.15, 0.2) is 0 Å². The van der Waals surface area contributed by atoms with E-state index < -0.39 is 0 Å². The molecule has 0 saturated carbocycles. The van der Waals surface area contributed by atoms with Crippen LogP contribution in [0, 0.1) is 5.92 Å². The lowest BCUT2D eigenvalue weighted by atomic mass is 9.99. The van der Waals surface area contributed by atoms with Crippen molar-refractivity contribution < 1.29 is 9.90 Å².